The highest BCUT2D eigenvalue weighted by Gasteiger charge is 2.44. The zero-order chi connectivity index (χ0) is 31.5. The molecule has 1 aliphatic carbocycles. The van der Waals surface area contributed by atoms with Gasteiger partial charge in [-0.05, 0) is 49.7 Å². The van der Waals surface area contributed by atoms with Crippen LogP contribution in [0.2, 0.25) is 0 Å². The maximum Gasteiger partial charge on any atom is 0.306 e. The summed E-state index contributed by atoms with van der Waals surface area (Å²) in [5, 5.41) is 25.4. The van der Waals surface area contributed by atoms with Gasteiger partial charge >= 0.3 is 5.97 Å². The molecule has 0 spiro atoms. The Hall–Kier alpha value is -3.51. The van der Waals surface area contributed by atoms with Gasteiger partial charge in [0.25, 0.3) is 0 Å². The summed E-state index contributed by atoms with van der Waals surface area (Å²) < 4.78 is 6.43. The number of rotatable bonds is 9. The van der Waals surface area contributed by atoms with E-state index in [0.717, 1.165) is 21.7 Å². The summed E-state index contributed by atoms with van der Waals surface area (Å²) in [6.45, 7) is 8.91. The largest absolute Gasteiger partial charge is 0.490 e. The lowest BCUT2D eigenvalue weighted by Crippen LogP contribution is -2.57. The number of ether oxygens (including phenoxy) is 1. The quantitative estimate of drug-likeness (QED) is 0.335. The zero-order valence-electron chi connectivity index (χ0n) is 25.4. The van der Waals surface area contributed by atoms with Crippen LogP contribution in [0.15, 0.2) is 23.7 Å². The predicted molar refractivity (Wildman–Crippen MR) is 161 cm³/mol. The van der Waals surface area contributed by atoms with E-state index in [-0.39, 0.29) is 37.4 Å². The molecule has 2 aliphatic rings. The van der Waals surface area contributed by atoms with Crippen LogP contribution in [0, 0.1) is 18.3 Å². The second-order valence-electron chi connectivity index (χ2n) is 12.6. The van der Waals surface area contributed by atoms with Gasteiger partial charge in [-0.25, -0.2) is 4.98 Å². The average Bonchev–Trinajstić information content (AvgIpc) is 3.55. The molecule has 12 heteroatoms. The highest BCUT2D eigenvalue weighted by molar-refractivity contribution is 7.13. The van der Waals surface area contributed by atoms with E-state index >= 15 is 0 Å². The Morgan fingerprint density at radius 3 is 2.44 bits per heavy atom. The third-order valence-electron chi connectivity index (χ3n) is 8.17. The number of carbonyl (C=O) groups excluding carboxylic acids is 3. The summed E-state index contributed by atoms with van der Waals surface area (Å²) >= 11 is 1.52. The highest BCUT2D eigenvalue weighted by Crippen LogP contribution is 2.35. The molecule has 1 aliphatic heterocycles. The Balaban J connectivity index is 1.52. The number of carboxylic acid groups (broad SMARTS) is 1. The van der Waals surface area contributed by atoms with E-state index in [1.807, 2.05) is 45.9 Å². The molecular formula is C31H42N4O7S. The lowest BCUT2D eigenvalue weighted by Gasteiger charge is -2.35. The van der Waals surface area contributed by atoms with Gasteiger partial charge in [-0.2, -0.15) is 0 Å². The minimum absolute atomic E-state index is 0.000635. The molecule has 0 unspecified atom stereocenters. The van der Waals surface area contributed by atoms with Crippen LogP contribution in [0.3, 0.4) is 0 Å². The van der Waals surface area contributed by atoms with Gasteiger partial charge in [0.05, 0.1) is 34.2 Å². The molecule has 3 amide bonds. The van der Waals surface area contributed by atoms with Gasteiger partial charge in [-0.1, -0.05) is 32.9 Å². The summed E-state index contributed by atoms with van der Waals surface area (Å²) in [7, 11) is 0. The number of nitrogens with one attached hydrogen (secondary N) is 2. The summed E-state index contributed by atoms with van der Waals surface area (Å²) in [6, 6.07) is 4.03. The van der Waals surface area contributed by atoms with Gasteiger partial charge in [0.15, 0.2) is 0 Å². The van der Waals surface area contributed by atoms with Crippen molar-refractivity contribution in [2.24, 2.45) is 11.3 Å². The molecule has 234 valence electrons. The Morgan fingerprint density at radius 2 is 1.86 bits per heavy atom. The molecule has 43 heavy (non-hydrogen) atoms. The van der Waals surface area contributed by atoms with E-state index < -0.39 is 41.4 Å². The van der Waals surface area contributed by atoms with Crippen LogP contribution < -0.4 is 15.4 Å². The number of likely N-dealkylation sites (tertiary alicyclic amines) is 1. The van der Waals surface area contributed by atoms with E-state index in [4.69, 9.17) is 4.74 Å². The maximum atomic E-state index is 13.5. The van der Waals surface area contributed by atoms with E-state index in [1.165, 1.54) is 23.2 Å². The van der Waals surface area contributed by atoms with Crippen LogP contribution in [0.4, 0.5) is 0 Å². The van der Waals surface area contributed by atoms with E-state index in [1.54, 1.807) is 5.51 Å². The summed E-state index contributed by atoms with van der Waals surface area (Å²) in [5.74, 6) is -1.71. The molecule has 0 radical (unpaired) electrons. The molecule has 2 fully saturated rings. The zero-order valence-corrected chi connectivity index (χ0v) is 26.2. The first-order valence-electron chi connectivity index (χ1n) is 14.7. The van der Waals surface area contributed by atoms with Crippen LogP contribution in [0.1, 0.15) is 71.1 Å². The van der Waals surface area contributed by atoms with E-state index in [0.29, 0.717) is 31.4 Å². The van der Waals surface area contributed by atoms with Crippen LogP contribution in [0.5, 0.6) is 5.75 Å². The number of aromatic nitrogens is 1. The Labute approximate surface area is 256 Å². The monoisotopic (exact) mass is 614 g/mol. The number of carboxylic acids is 1. The lowest BCUT2D eigenvalue weighted by molar-refractivity contribution is -0.143. The molecule has 2 aromatic rings. The average molecular weight is 615 g/mol. The fourth-order valence-corrected chi connectivity index (χ4v) is 6.56. The van der Waals surface area contributed by atoms with Crippen molar-refractivity contribution < 1.29 is 34.1 Å². The highest BCUT2D eigenvalue weighted by atomic mass is 32.1. The fraction of sp³-hybridized carbons (Fsp3) is 0.581. The summed E-state index contributed by atoms with van der Waals surface area (Å²) in [5.41, 5.74) is 3.75. The molecule has 1 saturated heterocycles. The first kappa shape index (κ1) is 32.4. The smallest absolute Gasteiger partial charge is 0.306 e. The van der Waals surface area contributed by atoms with Gasteiger partial charge in [0.1, 0.15) is 17.8 Å². The molecular weight excluding hydrogens is 572 g/mol. The van der Waals surface area contributed by atoms with Gasteiger partial charge in [-0.3, -0.25) is 19.2 Å². The molecule has 2 heterocycles. The second kappa shape index (κ2) is 13.4. The number of nitrogens with zero attached hydrogens (tertiary/aromatic N) is 2. The standard InChI is InChI=1S/C31H42N4O7S/c1-17-26(43-16-33-17)20-6-7-21(25(12-20)42-23-10-8-19(9-11-23)30(40)41)14-32-28(38)24-13-22(37)15-35(24)29(39)27(31(3,4)5)34-18(2)36/h6-7,12,16,19,22-24,27,37H,8-11,13-15H2,1-5H3,(H,32,38)(H,34,36)(H,40,41)/t19?,22-,23?,24+,27-/m1/s1. The first-order valence-corrected chi connectivity index (χ1v) is 15.6. The number of aliphatic hydroxyl groups is 1. The normalized spacial score (nSPS) is 23.0. The van der Waals surface area contributed by atoms with Gasteiger partial charge < -0.3 is 30.5 Å². The van der Waals surface area contributed by atoms with Crippen LogP contribution in [-0.2, 0) is 25.7 Å². The minimum atomic E-state index is -0.893. The van der Waals surface area contributed by atoms with E-state index in [2.05, 4.69) is 15.6 Å². The topological polar surface area (TPSA) is 158 Å². The molecule has 1 saturated carbocycles. The molecule has 4 N–H and O–H groups in total. The number of hydrogen-bond donors (Lipinski definition) is 4. The van der Waals surface area contributed by atoms with Crippen LogP contribution in [-0.4, -0.2) is 74.6 Å². The van der Waals surface area contributed by atoms with Crippen molar-refractivity contribution in [3.63, 3.8) is 0 Å². The number of aryl methyl sites for hydroxylation is 1. The third kappa shape index (κ3) is 7.91. The first-order chi connectivity index (χ1) is 20.2. The van der Waals surface area contributed by atoms with Gasteiger partial charge in [0, 0.05) is 32.0 Å². The molecule has 1 aromatic carbocycles. The van der Waals surface area contributed by atoms with Crippen molar-refractivity contribution in [3.05, 3.63) is 35.0 Å². The third-order valence-corrected chi connectivity index (χ3v) is 9.15. The van der Waals surface area contributed by atoms with E-state index in [9.17, 15) is 29.4 Å². The summed E-state index contributed by atoms with van der Waals surface area (Å²) in [4.78, 5) is 57.0. The Bertz CT molecular complexity index is 1350. The van der Waals surface area contributed by atoms with Crippen molar-refractivity contribution in [2.45, 2.75) is 97.6 Å². The van der Waals surface area contributed by atoms with Crippen molar-refractivity contribution in [3.8, 4) is 16.2 Å². The number of carbonyl (C=O) groups is 4. The number of benzene rings is 1. The number of β-amino-alcohol motifs (C(OH)–C–C–N with tert-alkyl or cyclic N) is 1. The predicted octanol–water partition coefficient (Wildman–Crippen LogP) is 3.27. The SMILES string of the molecule is CC(=O)N[C@H](C(=O)N1C[C@H](O)C[C@H]1C(=O)NCc1ccc(-c2scnc2C)cc1OC1CCC(C(=O)O)CC1)C(C)(C)C. The van der Waals surface area contributed by atoms with Crippen molar-refractivity contribution in [1.82, 2.24) is 20.5 Å². The van der Waals surface area contributed by atoms with Crippen molar-refractivity contribution in [1.29, 1.82) is 0 Å². The maximum absolute atomic E-state index is 13.5. The number of hydrogen-bond acceptors (Lipinski definition) is 8. The Morgan fingerprint density at radius 1 is 1.16 bits per heavy atom. The molecule has 1 aromatic heterocycles. The minimum Gasteiger partial charge on any atom is -0.490 e. The van der Waals surface area contributed by atoms with Gasteiger partial charge in [-0.15, -0.1) is 11.3 Å². The number of aliphatic hydroxyl groups excluding tert-OH is 1. The van der Waals surface area contributed by atoms with Crippen molar-refractivity contribution in [2.75, 3.05) is 6.54 Å². The number of aliphatic carboxylic acids is 1. The molecule has 11 nitrogen and oxygen atoms in total. The Kier molecular flexibility index (Phi) is 10.1. The van der Waals surface area contributed by atoms with Crippen molar-refractivity contribution >= 4 is 35.0 Å². The summed E-state index contributed by atoms with van der Waals surface area (Å²) in [6.07, 6.45) is 1.40. The number of amides is 3. The number of thiazole rings is 1. The second-order valence-corrected chi connectivity index (χ2v) is 13.5. The molecule has 4 rings (SSSR count). The van der Waals surface area contributed by atoms with Crippen LogP contribution >= 0.6 is 11.3 Å². The van der Waals surface area contributed by atoms with Gasteiger partial charge in [0.2, 0.25) is 17.7 Å². The molecule has 3 atom stereocenters. The molecule has 0 bridgehead atoms. The fourth-order valence-electron chi connectivity index (χ4n) is 5.76. The van der Waals surface area contributed by atoms with Crippen LogP contribution in [0.25, 0.3) is 10.4 Å². The lowest BCUT2D eigenvalue weighted by atomic mass is 9.85.